The Bertz CT molecular complexity index is 578. The summed E-state index contributed by atoms with van der Waals surface area (Å²) >= 11 is 0. The lowest BCUT2D eigenvalue weighted by atomic mass is 9.97. The maximum absolute atomic E-state index is 12.1. The van der Waals surface area contributed by atoms with E-state index in [0.29, 0.717) is 37.3 Å². The summed E-state index contributed by atoms with van der Waals surface area (Å²) in [6.45, 7) is 8.45. The molecule has 1 aromatic carbocycles. The molecule has 4 N–H and O–H groups in total. The van der Waals surface area contributed by atoms with E-state index in [1.165, 1.54) is 0 Å². The lowest BCUT2D eigenvalue weighted by molar-refractivity contribution is 0.0919. The highest BCUT2D eigenvalue weighted by Crippen LogP contribution is 2.12. The van der Waals surface area contributed by atoms with Gasteiger partial charge in [-0.25, -0.2) is 0 Å². The summed E-state index contributed by atoms with van der Waals surface area (Å²) in [5, 5.41) is 18.5. The van der Waals surface area contributed by atoms with Gasteiger partial charge in [0.15, 0.2) is 0 Å². The minimum atomic E-state index is -0.417. The Balaban J connectivity index is 1.86. The second-order valence-electron chi connectivity index (χ2n) is 7.52. The van der Waals surface area contributed by atoms with Gasteiger partial charge in [-0.05, 0) is 29.7 Å². The van der Waals surface area contributed by atoms with Crippen molar-refractivity contribution in [1.29, 1.82) is 0 Å². The van der Waals surface area contributed by atoms with Gasteiger partial charge in [-0.3, -0.25) is 9.59 Å². The molecule has 1 aliphatic rings. The normalized spacial score (nSPS) is 20.7. The molecule has 6 heteroatoms. The summed E-state index contributed by atoms with van der Waals surface area (Å²) in [7, 11) is 0. The zero-order valence-corrected chi connectivity index (χ0v) is 14.6. The largest absolute Gasteiger partial charge is 0.391 e. The fraction of sp³-hybridized carbons (Fsp3) is 0.556. The molecule has 2 amide bonds. The molecular formula is C18H27N3O3. The van der Waals surface area contributed by atoms with Gasteiger partial charge in [0.05, 0.1) is 6.10 Å². The van der Waals surface area contributed by atoms with Crippen molar-refractivity contribution in [1.82, 2.24) is 16.0 Å². The Kier molecular flexibility index (Phi) is 5.96. The van der Waals surface area contributed by atoms with Gasteiger partial charge in [0, 0.05) is 43.2 Å². The molecule has 1 heterocycles. The molecule has 6 nitrogen and oxygen atoms in total. The molecule has 0 spiro atoms. The van der Waals surface area contributed by atoms with Crippen LogP contribution < -0.4 is 16.0 Å². The Morgan fingerprint density at radius 1 is 1.08 bits per heavy atom. The molecule has 0 saturated carbocycles. The van der Waals surface area contributed by atoms with Crippen LogP contribution in [-0.4, -0.2) is 49.2 Å². The third kappa shape index (κ3) is 5.32. The molecule has 132 valence electrons. The SMILES string of the molecule is CC(C)(C)CNC(=O)c1ccc(C(=O)NCC2CNCC2O)cc1. The van der Waals surface area contributed by atoms with E-state index in [1.54, 1.807) is 24.3 Å². The van der Waals surface area contributed by atoms with Gasteiger partial charge in [-0.15, -0.1) is 0 Å². The number of rotatable bonds is 5. The van der Waals surface area contributed by atoms with E-state index in [4.69, 9.17) is 0 Å². The van der Waals surface area contributed by atoms with Gasteiger partial charge in [0.2, 0.25) is 0 Å². The number of nitrogens with one attached hydrogen (secondary N) is 3. The molecule has 24 heavy (non-hydrogen) atoms. The lowest BCUT2D eigenvalue weighted by Gasteiger charge is -2.18. The first-order valence-corrected chi connectivity index (χ1v) is 8.31. The zero-order valence-electron chi connectivity index (χ0n) is 14.6. The Hall–Kier alpha value is -1.92. The summed E-state index contributed by atoms with van der Waals surface area (Å²) in [5.74, 6) is -0.302. The van der Waals surface area contributed by atoms with E-state index < -0.39 is 6.10 Å². The number of carbonyl (C=O) groups excluding carboxylic acids is 2. The third-order valence-corrected chi connectivity index (χ3v) is 4.02. The van der Waals surface area contributed by atoms with Crippen molar-refractivity contribution in [3.05, 3.63) is 35.4 Å². The summed E-state index contributed by atoms with van der Waals surface area (Å²) in [6.07, 6.45) is -0.417. The quantitative estimate of drug-likeness (QED) is 0.641. The van der Waals surface area contributed by atoms with Gasteiger partial charge in [-0.2, -0.15) is 0 Å². The number of hydrogen-bond acceptors (Lipinski definition) is 4. The van der Waals surface area contributed by atoms with Crippen LogP contribution in [0.1, 0.15) is 41.5 Å². The molecule has 0 radical (unpaired) electrons. The van der Waals surface area contributed by atoms with Gasteiger partial charge in [0.25, 0.3) is 11.8 Å². The molecule has 2 atom stereocenters. The second-order valence-corrected chi connectivity index (χ2v) is 7.52. The summed E-state index contributed by atoms with van der Waals surface area (Å²) in [6, 6.07) is 6.59. The molecule has 0 aromatic heterocycles. The molecule has 1 aromatic rings. The molecule has 2 rings (SSSR count). The van der Waals surface area contributed by atoms with Crippen LogP contribution >= 0.6 is 0 Å². The van der Waals surface area contributed by atoms with Gasteiger partial charge >= 0.3 is 0 Å². The smallest absolute Gasteiger partial charge is 0.251 e. The number of aliphatic hydroxyl groups is 1. The standard InChI is InChI=1S/C18H27N3O3/c1-18(2,3)11-21-17(24)13-6-4-12(5-7-13)16(23)20-9-14-8-19-10-15(14)22/h4-7,14-15,19,22H,8-11H2,1-3H3,(H,20,23)(H,21,24). The predicted octanol–water partition coefficient (Wildman–Crippen LogP) is 0.773. The van der Waals surface area contributed by atoms with Crippen LogP contribution in [0, 0.1) is 11.3 Å². The minimum absolute atomic E-state index is 0.0230. The second kappa shape index (κ2) is 7.77. The van der Waals surface area contributed by atoms with Gasteiger partial charge < -0.3 is 21.1 Å². The Morgan fingerprint density at radius 2 is 1.62 bits per heavy atom. The highest BCUT2D eigenvalue weighted by molar-refractivity contribution is 5.97. The first-order chi connectivity index (χ1) is 11.3. The number of aliphatic hydroxyl groups excluding tert-OH is 1. The average Bonchev–Trinajstić information content (AvgIpc) is 2.95. The lowest BCUT2D eigenvalue weighted by Crippen LogP contribution is -2.34. The van der Waals surface area contributed by atoms with E-state index in [2.05, 4.69) is 36.7 Å². The summed E-state index contributed by atoms with van der Waals surface area (Å²) < 4.78 is 0. The fourth-order valence-corrected chi connectivity index (χ4v) is 2.47. The van der Waals surface area contributed by atoms with Gasteiger partial charge in [0.1, 0.15) is 0 Å². The van der Waals surface area contributed by atoms with Crippen molar-refractivity contribution in [2.45, 2.75) is 26.9 Å². The molecular weight excluding hydrogens is 306 g/mol. The Labute approximate surface area is 143 Å². The van der Waals surface area contributed by atoms with Crippen molar-refractivity contribution in [3.63, 3.8) is 0 Å². The van der Waals surface area contributed by atoms with Crippen LogP contribution in [0.2, 0.25) is 0 Å². The number of β-amino-alcohol motifs (C(OH)–C–C–N with tert-alkyl or cyclic N) is 1. The number of amides is 2. The fourth-order valence-electron chi connectivity index (χ4n) is 2.47. The average molecular weight is 333 g/mol. The highest BCUT2D eigenvalue weighted by atomic mass is 16.3. The first-order valence-electron chi connectivity index (χ1n) is 8.31. The molecule has 1 saturated heterocycles. The van der Waals surface area contributed by atoms with Crippen molar-refractivity contribution in [2.24, 2.45) is 11.3 Å². The predicted molar refractivity (Wildman–Crippen MR) is 92.9 cm³/mol. The van der Waals surface area contributed by atoms with Crippen LogP contribution in [0.15, 0.2) is 24.3 Å². The van der Waals surface area contributed by atoms with Gasteiger partial charge in [-0.1, -0.05) is 20.8 Å². The third-order valence-electron chi connectivity index (χ3n) is 4.02. The van der Waals surface area contributed by atoms with Crippen molar-refractivity contribution < 1.29 is 14.7 Å². The van der Waals surface area contributed by atoms with Crippen LogP contribution in [-0.2, 0) is 0 Å². The van der Waals surface area contributed by atoms with Crippen LogP contribution in [0.4, 0.5) is 0 Å². The summed E-state index contributed by atoms with van der Waals surface area (Å²) in [4.78, 5) is 24.2. The zero-order chi connectivity index (χ0) is 17.7. The molecule has 1 aliphatic heterocycles. The molecule has 0 aliphatic carbocycles. The maximum Gasteiger partial charge on any atom is 0.251 e. The van der Waals surface area contributed by atoms with E-state index >= 15 is 0 Å². The number of benzene rings is 1. The van der Waals surface area contributed by atoms with Crippen molar-refractivity contribution in [2.75, 3.05) is 26.2 Å². The molecule has 0 bridgehead atoms. The first kappa shape index (κ1) is 18.4. The van der Waals surface area contributed by atoms with E-state index in [9.17, 15) is 14.7 Å². The van der Waals surface area contributed by atoms with Crippen molar-refractivity contribution in [3.8, 4) is 0 Å². The maximum atomic E-state index is 12.1. The number of hydrogen-bond donors (Lipinski definition) is 4. The highest BCUT2D eigenvalue weighted by Gasteiger charge is 2.25. The monoisotopic (exact) mass is 333 g/mol. The van der Waals surface area contributed by atoms with Crippen LogP contribution in [0.5, 0.6) is 0 Å². The Morgan fingerprint density at radius 3 is 2.08 bits per heavy atom. The topological polar surface area (TPSA) is 90.5 Å². The summed E-state index contributed by atoms with van der Waals surface area (Å²) in [5.41, 5.74) is 1.06. The van der Waals surface area contributed by atoms with Crippen LogP contribution in [0.25, 0.3) is 0 Å². The molecule has 2 unspecified atom stereocenters. The van der Waals surface area contributed by atoms with Crippen molar-refractivity contribution >= 4 is 11.8 Å². The number of carbonyl (C=O) groups is 2. The molecule has 1 fully saturated rings. The van der Waals surface area contributed by atoms with E-state index in [-0.39, 0.29) is 23.1 Å². The van der Waals surface area contributed by atoms with E-state index in [1.807, 2.05) is 0 Å². The minimum Gasteiger partial charge on any atom is -0.391 e. The van der Waals surface area contributed by atoms with Crippen LogP contribution in [0.3, 0.4) is 0 Å². The van der Waals surface area contributed by atoms with E-state index in [0.717, 1.165) is 0 Å².